The first kappa shape index (κ1) is 17.2. The summed E-state index contributed by atoms with van der Waals surface area (Å²) in [7, 11) is 2.30. The van der Waals surface area contributed by atoms with Crippen molar-refractivity contribution >= 4 is 23.7 Å². The van der Waals surface area contributed by atoms with Crippen molar-refractivity contribution in [3.8, 4) is 0 Å². The number of hydrogen-bond donors (Lipinski definition) is 0. The maximum atomic E-state index is 12.2. The monoisotopic (exact) mass is 307 g/mol. The Bertz CT molecular complexity index is 567. The van der Waals surface area contributed by atoms with Crippen molar-refractivity contribution in [2.45, 2.75) is 6.92 Å². The van der Waals surface area contributed by atoms with Crippen molar-refractivity contribution in [2.24, 2.45) is 0 Å². The molecule has 0 bridgehead atoms. The van der Waals surface area contributed by atoms with Crippen molar-refractivity contribution in [1.29, 1.82) is 0 Å². The first-order valence-electron chi connectivity index (χ1n) is 6.45. The minimum atomic E-state index is -0.873. The molecule has 0 radical (unpaired) electrons. The van der Waals surface area contributed by atoms with Gasteiger partial charge in [-0.3, -0.25) is 0 Å². The second-order valence-corrected chi connectivity index (χ2v) is 3.91. The van der Waals surface area contributed by atoms with Gasteiger partial charge in [-0.2, -0.15) is 0 Å². The topological polar surface area (TPSA) is 82.1 Å². The first-order chi connectivity index (χ1) is 10.5. The van der Waals surface area contributed by atoms with E-state index in [0.29, 0.717) is 5.69 Å². The van der Waals surface area contributed by atoms with E-state index < -0.39 is 18.0 Å². The maximum absolute atomic E-state index is 12.2. The van der Waals surface area contributed by atoms with Gasteiger partial charge in [0.15, 0.2) is 0 Å². The molecule has 7 heteroatoms. The highest BCUT2D eigenvalue weighted by atomic mass is 16.6. The number of anilines is 1. The number of carbonyl (C=O) groups is 3. The summed E-state index contributed by atoms with van der Waals surface area (Å²) in [6.07, 6.45) is 0.0599. The fourth-order valence-corrected chi connectivity index (χ4v) is 1.60. The molecule has 0 fully saturated rings. The zero-order chi connectivity index (χ0) is 16.5. The lowest BCUT2D eigenvalue weighted by Gasteiger charge is -2.22. The van der Waals surface area contributed by atoms with Crippen LogP contribution in [0.25, 0.3) is 0 Å². The van der Waals surface area contributed by atoms with Crippen LogP contribution in [0, 0.1) is 0 Å². The molecule has 0 aliphatic rings. The van der Waals surface area contributed by atoms with Crippen molar-refractivity contribution < 1.29 is 28.6 Å². The van der Waals surface area contributed by atoms with Gasteiger partial charge in [-0.1, -0.05) is 18.2 Å². The second kappa shape index (κ2) is 8.46. The molecule has 0 spiro atoms. The molecule has 0 aromatic heterocycles. The van der Waals surface area contributed by atoms with Gasteiger partial charge in [0.25, 0.3) is 0 Å². The predicted molar refractivity (Wildman–Crippen MR) is 78.1 cm³/mol. The van der Waals surface area contributed by atoms with Crippen molar-refractivity contribution in [3.63, 3.8) is 0 Å². The number of rotatable bonds is 5. The number of carbonyl (C=O) groups excluding carboxylic acids is 3. The van der Waals surface area contributed by atoms with Crippen LogP contribution < -0.4 is 4.90 Å². The van der Waals surface area contributed by atoms with Crippen molar-refractivity contribution in [3.05, 3.63) is 42.1 Å². The number of nitrogens with zero attached hydrogens (tertiary/aromatic N) is 1. The number of para-hydroxylation sites is 1. The molecule has 0 aliphatic carbocycles. The highest BCUT2D eigenvalue weighted by molar-refractivity contribution is 6.07. The van der Waals surface area contributed by atoms with Crippen LogP contribution in [-0.2, 0) is 23.8 Å². The highest BCUT2D eigenvalue weighted by Gasteiger charge is 2.28. The van der Waals surface area contributed by atoms with Crippen LogP contribution in [0.2, 0.25) is 0 Å². The van der Waals surface area contributed by atoms with Gasteiger partial charge >= 0.3 is 18.0 Å². The summed E-state index contributed by atoms with van der Waals surface area (Å²) in [5, 5.41) is 0. The van der Waals surface area contributed by atoms with Crippen LogP contribution in [0.1, 0.15) is 6.92 Å². The van der Waals surface area contributed by atoms with Gasteiger partial charge in [0.2, 0.25) is 0 Å². The zero-order valence-electron chi connectivity index (χ0n) is 12.6. The van der Waals surface area contributed by atoms with Gasteiger partial charge in [-0.15, -0.1) is 0 Å². The summed E-state index contributed by atoms with van der Waals surface area (Å²) in [6, 6.07) is 8.27. The third-order valence-corrected chi connectivity index (χ3v) is 2.56. The molecule has 0 atom stereocenters. The average molecular weight is 307 g/mol. The van der Waals surface area contributed by atoms with E-state index in [2.05, 4.69) is 9.47 Å². The van der Waals surface area contributed by atoms with E-state index in [1.807, 2.05) is 0 Å². The Morgan fingerprint density at radius 1 is 1.09 bits per heavy atom. The largest absolute Gasteiger partial charge is 0.466 e. The number of amides is 1. The van der Waals surface area contributed by atoms with Crippen LogP contribution in [0.4, 0.5) is 10.5 Å². The Labute approximate surface area is 128 Å². The Morgan fingerprint density at radius 3 is 2.23 bits per heavy atom. The van der Waals surface area contributed by atoms with E-state index in [0.717, 1.165) is 25.2 Å². The van der Waals surface area contributed by atoms with Gasteiger partial charge in [0.05, 0.1) is 32.6 Å². The SMILES string of the molecule is CCOC(=O)N(/C(=C/C(=O)OC)C(=O)OC)c1ccccc1. The Balaban J connectivity index is 3.37. The van der Waals surface area contributed by atoms with Crippen LogP contribution in [0.15, 0.2) is 42.1 Å². The number of ether oxygens (including phenoxy) is 3. The van der Waals surface area contributed by atoms with E-state index >= 15 is 0 Å². The van der Waals surface area contributed by atoms with Crippen LogP contribution in [-0.4, -0.2) is 38.9 Å². The Hall–Kier alpha value is -2.83. The molecule has 7 nitrogen and oxygen atoms in total. The molecule has 1 rings (SSSR count). The number of hydrogen-bond acceptors (Lipinski definition) is 6. The van der Waals surface area contributed by atoms with Crippen LogP contribution in [0.5, 0.6) is 0 Å². The summed E-state index contributed by atoms with van der Waals surface area (Å²) in [6.45, 7) is 1.73. The van der Waals surface area contributed by atoms with Crippen molar-refractivity contribution in [1.82, 2.24) is 0 Å². The molecule has 0 saturated heterocycles. The third kappa shape index (κ3) is 4.34. The molecular formula is C15H17NO6. The van der Waals surface area contributed by atoms with Crippen LogP contribution >= 0.6 is 0 Å². The number of methoxy groups -OCH3 is 2. The normalized spacial score (nSPS) is 10.6. The molecule has 1 aromatic carbocycles. The van der Waals surface area contributed by atoms with Gasteiger partial charge in [0.1, 0.15) is 5.70 Å². The zero-order valence-corrected chi connectivity index (χ0v) is 12.6. The molecule has 0 saturated carbocycles. The van der Waals surface area contributed by atoms with E-state index in [-0.39, 0.29) is 12.3 Å². The molecule has 1 aromatic rings. The first-order valence-corrected chi connectivity index (χ1v) is 6.45. The van der Waals surface area contributed by atoms with E-state index in [1.54, 1.807) is 37.3 Å². The standard InChI is InChI=1S/C15H17NO6/c1-4-22-15(19)16(11-8-6-5-7-9-11)12(14(18)21-3)10-13(17)20-2/h5-10H,4H2,1-3H3/b12-10+. The second-order valence-electron chi connectivity index (χ2n) is 3.91. The predicted octanol–water partition coefficient (Wildman–Crippen LogP) is 1.88. The fraction of sp³-hybridized carbons (Fsp3) is 0.267. The summed E-state index contributed by atoms with van der Waals surface area (Å²) in [5.74, 6) is -1.67. The molecule has 22 heavy (non-hydrogen) atoms. The summed E-state index contributed by atoms with van der Waals surface area (Å²) in [5.41, 5.74) is 0.0421. The molecule has 0 unspecified atom stereocenters. The number of esters is 2. The summed E-state index contributed by atoms with van der Waals surface area (Å²) < 4.78 is 14.1. The molecule has 0 heterocycles. The molecule has 118 valence electrons. The fourth-order valence-electron chi connectivity index (χ4n) is 1.60. The quantitative estimate of drug-likeness (QED) is 0.469. The van der Waals surface area contributed by atoms with Gasteiger partial charge in [-0.25, -0.2) is 19.3 Å². The molecule has 0 N–H and O–H groups in total. The minimum absolute atomic E-state index is 0.106. The smallest absolute Gasteiger partial charge is 0.419 e. The summed E-state index contributed by atoms with van der Waals surface area (Å²) in [4.78, 5) is 36.5. The lowest BCUT2D eigenvalue weighted by molar-refractivity contribution is -0.138. The number of benzene rings is 1. The van der Waals surface area contributed by atoms with Gasteiger partial charge in [-0.05, 0) is 19.1 Å². The van der Waals surface area contributed by atoms with E-state index in [9.17, 15) is 14.4 Å². The molecule has 1 amide bonds. The maximum Gasteiger partial charge on any atom is 0.419 e. The molecule has 0 aliphatic heterocycles. The van der Waals surface area contributed by atoms with E-state index in [4.69, 9.17) is 4.74 Å². The lowest BCUT2D eigenvalue weighted by Crippen LogP contribution is -2.35. The Kier molecular flexibility index (Phi) is 6.62. The van der Waals surface area contributed by atoms with E-state index in [1.165, 1.54) is 0 Å². The average Bonchev–Trinajstić information content (AvgIpc) is 2.54. The van der Waals surface area contributed by atoms with Crippen LogP contribution in [0.3, 0.4) is 0 Å². The highest BCUT2D eigenvalue weighted by Crippen LogP contribution is 2.21. The lowest BCUT2D eigenvalue weighted by atomic mass is 10.2. The third-order valence-electron chi connectivity index (χ3n) is 2.56. The van der Waals surface area contributed by atoms with Gasteiger partial charge < -0.3 is 14.2 Å². The summed E-state index contributed by atoms with van der Waals surface area (Å²) >= 11 is 0. The van der Waals surface area contributed by atoms with Gasteiger partial charge in [0, 0.05) is 0 Å². The minimum Gasteiger partial charge on any atom is -0.466 e. The molecular weight excluding hydrogens is 290 g/mol. The van der Waals surface area contributed by atoms with Crippen molar-refractivity contribution in [2.75, 3.05) is 25.7 Å². The Morgan fingerprint density at radius 2 is 1.73 bits per heavy atom.